The molecule has 7 nitrogen and oxygen atoms in total. The summed E-state index contributed by atoms with van der Waals surface area (Å²) in [5.74, 6) is -3.34. The molecule has 2 aliphatic rings. The molecular weight excluding hydrogens is 356 g/mol. The first kappa shape index (κ1) is 16.5. The van der Waals surface area contributed by atoms with Crippen LogP contribution < -0.4 is 5.32 Å². The number of carboxylic acid groups (broad SMARTS) is 1. The third-order valence-electron chi connectivity index (χ3n) is 3.65. The van der Waals surface area contributed by atoms with E-state index in [4.69, 9.17) is 16.7 Å². The Morgan fingerprint density at radius 2 is 1.92 bits per heavy atom. The summed E-state index contributed by atoms with van der Waals surface area (Å²) in [6.45, 7) is 0. The standard InChI is InChI=1S/C15H11ClN2O5S/c16-8-6-24-14-9(13(21)18(14)10(8)15(22)23)17-12(20)11(19)7-4-2-1-3-5-7/h1-5,9,14H,6H2,(H,17,20)(H,22,23)/t9-,14-/m1/s1. The highest BCUT2D eigenvalue weighted by atomic mass is 35.5. The van der Waals surface area contributed by atoms with Gasteiger partial charge in [-0.15, -0.1) is 11.8 Å². The maximum atomic E-state index is 12.2. The molecule has 1 saturated heterocycles. The minimum absolute atomic E-state index is 0.0715. The number of β-lactam (4-membered cyclic amide) rings is 1. The van der Waals surface area contributed by atoms with Gasteiger partial charge in [0.05, 0.1) is 5.03 Å². The molecule has 0 bridgehead atoms. The average molecular weight is 367 g/mol. The molecule has 2 amide bonds. The number of nitrogens with zero attached hydrogens (tertiary/aromatic N) is 1. The number of benzene rings is 1. The zero-order valence-corrected chi connectivity index (χ0v) is 13.6. The third kappa shape index (κ3) is 2.67. The topological polar surface area (TPSA) is 104 Å². The second-order valence-corrected chi connectivity index (χ2v) is 6.68. The van der Waals surface area contributed by atoms with Crippen LogP contribution in [0.5, 0.6) is 0 Å². The van der Waals surface area contributed by atoms with Crippen molar-refractivity contribution in [3.05, 3.63) is 46.6 Å². The van der Waals surface area contributed by atoms with Gasteiger partial charge in [0, 0.05) is 11.3 Å². The van der Waals surface area contributed by atoms with Crippen molar-refractivity contribution in [3.8, 4) is 0 Å². The lowest BCUT2D eigenvalue weighted by Gasteiger charge is -2.48. The number of thioether (sulfide) groups is 1. The van der Waals surface area contributed by atoms with Gasteiger partial charge in [-0.05, 0) is 0 Å². The Morgan fingerprint density at radius 3 is 2.54 bits per heavy atom. The van der Waals surface area contributed by atoms with E-state index in [1.54, 1.807) is 18.2 Å². The van der Waals surface area contributed by atoms with Crippen molar-refractivity contribution in [2.24, 2.45) is 0 Å². The largest absolute Gasteiger partial charge is 0.477 e. The molecule has 0 saturated carbocycles. The van der Waals surface area contributed by atoms with Crippen molar-refractivity contribution in [2.45, 2.75) is 11.4 Å². The molecule has 1 aromatic rings. The van der Waals surface area contributed by atoms with E-state index in [9.17, 15) is 19.2 Å². The Kier molecular flexibility index (Phi) is 4.33. The quantitative estimate of drug-likeness (QED) is 0.464. The van der Waals surface area contributed by atoms with Gasteiger partial charge in [-0.1, -0.05) is 41.9 Å². The molecule has 1 aromatic carbocycles. The molecule has 124 valence electrons. The second kappa shape index (κ2) is 6.29. The second-order valence-electron chi connectivity index (χ2n) is 5.11. The van der Waals surface area contributed by atoms with Crippen LogP contribution in [0.2, 0.25) is 0 Å². The van der Waals surface area contributed by atoms with E-state index >= 15 is 0 Å². The summed E-state index contributed by atoms with van der Waals surface area (Å²) in [5.41, 5.74) is -0.0607. The van der Waals surface area contributed by atoms with E-state index in [2.05, 4.69) is 5.32 Å². The molecule has 2 aliphatic heterocycles. The van der Waals surface area contributed by atoms with Gasteiger partial charge in [0.25, 0.3) is 11.8 Å². The van der Waals surface area contributed by atoms with Crippen LogP contribution in [0.15, 0.2) is 41.1 Å². The lowest BCUT2D eigenvalue weighted by Crippen LogP contribution is -2.70. The number of Topliss-reactive ketones (excluding diaryl/α,β-unsaturated/α-hetero) is 1. The number of hydrogen-bond acceptors (Lipinski definition) is 5. The maximum absolute atomic E-state index is 12.2. The Morgan fingerprint density at radius 1 is 1.25 bits per heavy atom. The summed E-state index contributed by atoms with van der Waals surface area (Å²) in [6, 6.07) is 7.01. The number of hydrogen-bond donors (Lipinski definition) is 2. The number of fused-ring (bicyclic) bond motifs is 1. The summed E-state index contributed by atoms with van der Waals surface area (Å²) in [6.07, 6.45) is 0. The van der Waals surface area contributed by atoms with E-state index in [0.717, 1.165) is 4.90 Å². The highest BCUT2D eigenvalue weighted by molar-refractivity contribution is 8.00. The van der Waals surface area contributed by atoms with Crippen LogP contribution in [0.4, 0.5) is 0 Å². The lowest BCUT2D eigenvalue weighted by molar-refractivity contribution is -0.150. The van der Waals surface area contributed by atoms with Crippen LogP contribution >= 0.6 is 23.4 Å². The monoisotopic (exact) mass is 366 g/mol. The molecular formula is C15H11ClN2O5S. The van der Waals surface area contributed by atoms with Crippen molar-refractivity contribution < 1.29 is 24.3 Å². The minimum Gasteiger partial charge on any atom is -0.477 e. The molecule has 0 radical (unpaired) electrons. The number of aliphatic carboxylic acids is 1. The average Bonchev–Trinajstić information content (AvgIpc) is 2.59. The van der Waals surface area contributed by atoms with Crippen LogP contribution in [0.3, 0.4) is 0 Å². The number of halogens is 1. The summed E-state index contributed by atoms with van der Waals surface area (Å²) in [4.78, 5) is 48.5. The Bertz CT molecular complexity index is 779. The van der Waals surface area contributed by atoms with Gasteiger partial charge in [-0.25, -0.2) is 4.79 Å². The Hall–Kier alpha value is -2.32. The van der Waals surface area contributed by atoms with Crippen molar-refractivity contribution >= 4 is 46.9 Å². The number of nitrogens with one attached hydrogen (secondary N) is 1. The van der Waals surface area contributed by atoms with E-state index in [1.165, 1.54) is 23.9 Å². The molecule has 0 unspecified atom stereocenters. The number of carboxylic acids is 1. The first-order chi connectivity index (χ1) is 11.4. The molecule has 2 heterocycles. The van der Waals surface area contributed by atoms with Crippen LogP contribution in [-0.2, 0) is 14.4 Å². The van der Waals surface area contributed by atoms with Crippen molar-refractivity contribution in [2.75, 3.05) is 5.75 Å². The highest BCUT2D eigenvalue weighted by Gasteiger charge is 2.54. The first-order valence-corrected chi connectivity index (χ1v) is 8.31. The molecule has 0 aliphatic carbocycles. The fourth-order valence-corrected chi connectivity index (χ4v) is 4.06. The number of carbonyl (C=O) groups excluding carboxylic acids is 3. The molecule has 24 heavy (non-hydrogen) atoms. The van der Waals surface area contributed by atoms with Gasteiger partial charge in [0.15, 0.2) is 0 Å². The predicted octanol–water partition coefficient (Wildman–Crippen LogP) is 0.804. The fourth-order valence-electron chi connectivity index (χ4n) is 2.51. The predicted molar refractivity (Wildman–Crippen MR) is 86.3 cm³/mol. The van der Waals surface area contributed by atoms with Crippen molar-refractivity contribution in [3.63, 3.8) is 0 Å². The van der Waals surface area contributed by atoms with Gasteiger partial charge >= 0.3 is 5.97 Å². The van der Waals surface area contributed by atoms with Gasteiger partial charge in [0.2, 0.25) is 5.78 Å². The number of ketones is 1. The highest BCUT2D eigenvalue weighted by Crippen LogP contribution is 2.41. The van der Waals surface area contributed by atoms with Gasteiger partial charge in [-0.3, -0.25) is 19.3 Å². The van der Waals surface area contributed by atoms with E-state index in [0.29, 0.717) is 0 Å². The molecule has 1 fully saturated rings. The normalized spacial score (nSPS) is 22.5. The molecule has 3 rings (SSSR count). The summed E-state index contributed by atoms with van der Waals surface area (Å²) >= 11 is 7.09. The summed E-state index contributed by atoms with van der Waals surface area (Å²) in [5, 5.41) is 11.0. The Balaban J connectivity index is 1.73. The van der Waals surface area contributed by atoms with Gasteiger partial charge in [0.1, 0.15) is 17.1 Å². The molecule has 2 N–H and O–H groups in total. The Labute approximate surface area is 145 Å². The number of amides is 2. The maximum Gasteiger partial charge on any atom is 0.353 e. The number of rotatable bonds is 4. The van der Waals surface area contributed by atoms with Crippen LogP contribution in [0.1, 0.15) is 10.4 Å². The molecule has 0 aromatic heterocycles. The third-order valence-corrected chi connectivity index (χ3v) is 5.40. The number of carbonyl (C=O) groups is 4. The zero-order chi connectivity index (χ0) is 17.4. The fraction of sp³-hybridized carbons (Fsp3) is 0.200. The van der Waals surface area contributed by atoms with E-state index in [-0.39, 0.29) is 22.0 Å². The smallest absolute Gasteiger partial charge is 0.353 e. The van der Waals surface area contributed by atoms with Gasteiger partial charge < -0.3 is 10.4 Å². The SMILES string of the molecule is O=C(O)C1=C(Cl)CS[C@@H]2[C@H](NC(=O)C(=O)c3ccccc3)C(=O)N12. The molecule has 2 atom stereocenters. The summed E-state index contributed by atoms with van der Waals surface area (Å²) < 4.78 is 0. The van der Waals surface area contributed by atoms with Crippen molar-refractivity contribution in [1.29, 1.82) is 0 Å². The van der Waals surface area contributed by atoms with E-state index in [1.807, 2.05) is 0 Å². The van der Waals surface area contributed by atoms with E-state index < -0.39 is 35.0 Å². The first-order valence-electron chi connectivity index (χ1n) is 6.88. The van der Waals surface area contributed by atoms with Crippen LogP contribution in [0, 0.1) is 0 Å². The minimum atomic E-state index is -1.30. The summed E-state index contributed by atoms with van der Waals surface area (Å²) in [7, 11) is 0. The molecule has 9 heteroatoms. The van der Waals surface area contributed by atoms with Crippen molar-refractivity contribution in [1.82, 2.24) is 10.2 Å². The molecule has 0 spiro atoms. The zero-order valence-electron chi connectivity index (χ0n) is 12.1. The van der Waals surface area contributed by atoms with Gasteiger partial charge in [-0.2, -0.15) is 0 Å². The van der Waals surface area contributed by atoms with Crippen LogP contribution in [0.25, 0.3) is 0 Å². The van der Waals surface area contributed by atoms with Crippen LogP contribution in [-0.4, -0.2) is 50.7 Å². The lowest BCUT2D eigenvalue weighted by atomic mass is 10.0.